The molecule has 7 nitrogen and oxygen atoms in total. The minimum Gasteiger partial charge on any atom is -0.449 e. The van der Waals surface area contributed by atoms with Crippen LogP contribution >= 0.6 is 0 Å². The minimum absolute atomic E-state index is 0.0178. The van der Waals surface area contributed by atoms with Crippen LogP contribution in [0.2, 0.25) is 0 Å². The van der Waals surface area contributed by atoms with E-state index in [0.717, 1.165) is 12.8 Å². The van der Waals surface area contributed by atoms with Gasteiger partial charge in [-0.1, -0.05) is 36.4 Å². The van der Waals surface area contributed by atoms with Gasteiger partial charge in [0.2, 0.25) is 5.91 Å². The Morgan fingerprint density at radius 2 is 2.11 bits per heavy atom. The molecule has 0 saturated heterocycles. The summed E-state index contributed by atoms with van der Waals surface area (Å²) in [5.74, 6) is -0.418. The summed E-state index contributed by atoms with van der Waals surface area (Å²) in [5.41, 5.74) is 4.95. The highest BCUT2D eigenvalue weighted by atomic mass is 16.6. The molecule has 144 valence electrons. The number of carbonyl (C=O) groups excluding carboxylic acids is 2. The van der Waals surface area contributed by atoms with Crippen LogP contribution in [-0.2, 0) is 14.3 Å². The van der Waals surface area contributed by atoms with Crippen molar-refractivity contribution in [2.24, 2.45) is 0 Å². The van der Waals surface area contributed by atoms with Crippen LogP contribution in [0.1, 0.15) is 29.9 Å². The Kier molecular flexibility index (Phi) is 6.26. The van der Waals surface area contributed by atoms with Crippen LogP contribution in [0.5, 0.6) is 0 Å². The maximum Gasteiger partial charge on any atom is 0.407 e. The molecule has 0 aromatic heterocycles. The molecule has 0 heterocycles. The quantitative estimate of drug-likeness (QED) is 0.633. The number of rotatable bonds is 7. The van der Waals surface area contributed by atoms with Crippen LogP contribution in [0.3, 0.4) is 0 Å². The van der Waals surface area contributed by atoms with Gasteiger partial charge in [0.05, 0.1) is 13.1 Å². The highest BCUT2D eigenvalue weighted by Crippen LogP contribution is 2.46. The predicted molar refractivity (Wildman–Crippen MR) is 99.9 cm³/mol. The first-order valence-corrected chi connectivity index (χ1v) is 8.97. The highest BCUT2D eigenvalue weighted by molar-refractivity contribution is 5.83. The SMILES string of the molecule is COC(O)CNC(=O)CNC(=O)OCC1C2=C(CCC=C2)c2ccccc21. The molecule has 0 saturated carbocycles. The van der Waals surface area contributed by atoms with Gasteiger partial charge in [0.15, 0.2) is 6.29 Å². The first-order valence-electron chi connectivity index (χ1n) is 8.97. The Bertz CT molecular complexity index is 771. The van der Waals surface area contributed by atoms with Crippen molar-refractivity contribution in [2.75, 3.05) is 26.8 Å². The average Bonchev–Trinajstić information content (AvgIpc) is 3.02. The molecule has 27 heavy (non-hydrogen) atoms. The number of benzene rings is 1. The van der Waals surface area contributed by atoms with E-state index in [1.54, 1.807) is 0 Å². The van der Waals surface area contributed by atoms with Crippen LogP contribution < -0.4 is 10.6 Å². The van der Waals surface area contributed by atoms with E-state index in [-0.39, 0.29) is 25.6 Å². The average molecular weight is 372 g/mol. The summed E-state index contributed by atoms with van der Waals surface area (Å²) in [7, 11) is 1.33. The molecule has 2 aliphatic carbocycles. The smallest absolute Gasteiger partial charge is 0.407 e. The fraction of sp³-hybridized carbons (Fsp3) is 0.400. The number of alkyl carbamates (subject to hydrolysis) is 1. The maximum atomic E-state index is 11.9. The van der Waals surface area contributed by atoms with Gasteiger partial charge in [0, 0.05) is 13.0 Å². The van der Waals surface area contributed by atoms with Gasteiger partial charge >= 0.3 is 6.09 Å². The fourth-order valence-electron chi connectivity index (χ4n) is 3.43. The van der Waals surface area contributed by atoms with Gasteiger partial charge in [-0.3, -0.25) is 4.79 Å². The number of ether oxygens (including phenoxy) is 2. The van der Waals surface area contributed by atoms with Crippen LogP contribution in [0, 0.1) is 0 Å². The van der Waals surface area contributed by atoms with Crippen molar-refractivity contribution in [1.29, 1.82) is 0 Å². The summed E-state index contributed by atoms with van der Waals surface area (Å²) in [6, 6.07) is 8.20. The van der Waals surface area contributed by atoms with E-state index in [4.69, 9.17) is 4.74 Å². The molecule has 7 heteroatoms. The van der Waals surface area contributed by atoms with Crippen molar-refractivity contribution in [2.45, 2.75) is 25.0 Å². The predicted octanol–water partition coefficient (Wildman–Crippen LogP) is 1.69. The van der Waals surface area contributed by atoms with Crippen molar-refractivity contribution in [1.82, 2.24) is 10.6 Å². The zero-order valence-electron chi connectivity index (χ0n) is 15.2. The lowest BCUT2D eigenvalue weighted by Crippen LogP contribution is -2.40. The number of nitrogens with one attached hydrogen (secondary N) is 2. The number of hydrogen-bond donors (Lipinski definition) is 3. The minimum atomic E-state index is -1.07. The molecule has 3 N–H and O–H groups in total. The summed E-state index contributed by atoms with van der Waals surface area (Å²) >= 11 is 0. The molecule has 1 aromatic carbocycles. The van der Waals surface area contributed by atoms with Crippen molar-refractivity contribution >= 4 is 17.6 Å². The van der Waals surface area contributed by atoms with Crippen LogP contribution in [0.25, 0.3) is 5.57 Å². The molecule has 0 bridgehead atoms. The standard InChI is InChI=1S/C20H24N2O5/c1-26-19(24)11-21-18(23)10-22-20(25)27-12-17-15-8-4-2-6-13(15)14-7-3-5-9-16(14)17/h2,4-6,8-9,17,19,24H,3,7,10-12H2,1H3,(H,21,23)(H,22,25). The molecule has 3 rings (SSSR count). The van der Waals surface area contributed by atoms with Crippen LogP contribution in [0.15, 0.2) is 42.0 Å². The summed E-state index contributed by atoms with van der Waals surface area (Å²) in [4.78, 5) is 23.6. The lowest BCUT2D eigenvalue weighted by atomic mass is 9.93. The van der Waals surface area contributed by atoms with Gasteiger partial charge in [0.1, 0.15) is 6.61 Å². The number of amides is 2. The summed E-state index contributed by atoms with van der Waals surface area (Å²) in [6.45, 7) is -0.0609. The third kappa shape index (κ3) is 4.56. The summed E-state index contributed by atoms with van der Waals surface area (Å²) in [6.07, 6.45) is 4.57. The topological polar surface area (TPSA) is 96.9 Å². The number of aliphatic hydroxyl groups excluding tert-OH is 1. The van der Waals surface area contributed by atoms with Crippen molar-refractivity contribution in [3.8, 4) is 0 Å². The van der Waals surface area contributed by atoms with E-state index in [9.17, 15) is 14.7 Å². The number of methoxy groups -OCH3 is 1. The molecule has 2 aliphatic rings. The van der Waals surface area contributed by atoms with Crippen LogP contribution in [0.4, 0.5) is 4.79 Å². The lowest BCUT2D eigenvalue weighted by molar-refractivity contribution is -0.123. The third-order valence-corrected chi connectivity index (χ3v) is 4.76. The van der Waals surface area contributed by atoms with E-state index in [1.807, 2.05) is 12.1 Å². The Balaban J connectivity index is 1.51. The van der Waals surface area contributed by atoms with Crippen molar-refractivity contribution in [3.63, 3.8) is 0 Å². The van der Waals surface area contributed by atoms with Crippen molar-refractivity contribution in [3.05, 3.63) is 53.1 Å². The molecule has 0 fully saturated rings. The molecule has 2 amide bonds. The Morgan fingerprint density at radius 3 is 2.93 bits per heavy atom. The summed E-state index contributed by atoms with van der Waals surface area (Å²) < 4.78 is 9.97. The summed E-state index contributed by atoms with van der Waals surface area (Å²) in [5, 5.41) is 14.1. The molecular formula is C20H24N2O5. The molecule has 1 aromatic rings. The second-order valence-corrected chi connectivity index (χ2v) is 6.46. The van der Waals surface area contributed by atoms with Gasteiger partial charge in [-0.05, 0) is 35.1 Å². The van der Waals surface area contributed by atoms with E-state index >= 15 is 0 Å². The van der Waals surface area contributed by atoms with Gasteiger partial charge in [-0.15, -0.1) is 0 Å². The Morgan fingerprint density at radius 1 is 1.30 bits per heavy atom. The monoisotopic (exact) mass is 372 g/mol. The normalized spacial score (nSPS) is 18.5. The second-order valence-electron chi connectivity index (χ2n) is 6.46. The van der Waals surface area contributed by atoms with E-state index in [1.165, 1.54) is 29.4 Å². The number of aliphatic hydroxyl groups is 1. The van der Waals surface area contributed by atoms with Crippen molar-refractivity contribution < 1.29 is 24.2 Å². The van der Waals surface area contributed by atoms with Gasteiger partial charge < -0.3 is 25.2 Å². The highest BCUT2D eigenvalue weighted by Gasteiger charge is 2.31. The zero-order valence-corrected chi connectivity index (χ0v) is 15.2. The van der Waals surface area contributed by atoms with E-state index < -0.39 is 18.3 Å². The van der Waals surface area contributed by atoms with Gasteiger partial charge in [-0.2, -0.15) is 0 Å². The second kappa shape index (κ2) is 8.83. The first kappa shape index (κ1) is 19.1. The third-order valence-electron chi connectivity index (χ3n) is 4.76. The zero-order chi connectivity index (χ0) is 19.2. The van der Waals surface area contributed by atoms with Crippen LogP contribution in [-0.4, -0.2) is 50.2 Å². The molecule has 2 atom stereocenters. The molecule has 0 aliphatic heterocycles. The molecule has 0 spiro atoms. The lowest BCUT2D eigenvalue weighted by Gasteiger charge is -2.17. The molecule has 0 radical (unpaired) electrons. The van der Waals surface area contributed by atoms with Gasteiger partial charge in [-0.25, -0.2) is 4.79 Å². The maximum absolute atomic E-state index is 11.9. The largest absolute Gasteiger partial charge is 0.449 e. The first-order chi connectivity index (χ1) is 13.1. The number of fused-ring (bicyclic) bond motifs is 2. The number of hydrogen-bond acceptors (Lipinski definition) is 5. The molecule has 2 unspecified atom stereocenters. The Labute approximate surface area is 158 Å². The molecular weight excluding hydrogens is 348 g/mol. The number of carbonyl (C=O) groups is 2. The van der Waals surface area contributed by atoms with Gasteiger partial charge in [0.25, 0.3) is 0 Å². The Hall–Kier alpha value is -2.64. The number of allylic oxidation sites excluding steroid dienone is 3. The van der Waals surface area contributed by atoms with E-state index in [0.29, 0.717) is 0 Å². The van der Waals surface area contributed by atoms with E-state index in [2.05, 4.69) is 39.7 Å². The fourth-order valence-corrected chi connectivity index (χ4v) is 3.43.